The van der Waals surface area contributed by atoms with Crippen molar-refractivity contribution in [2.45, 2.75) is 6.54 Å². The summed E-state index contributed by atoms with van der Waals surface area (Å²) in [7, 11) is 1.56. The Morgan fingerprint density at radius 3 is 3.00 bits per heavy atom. The van der Waals surface area contributed by atoms with Crippen molar-refractivity contribution < 1.29 is 9.53 Å². The van der Waals surface area contributed by atoms with Gasteiger partial charge < -0.3 is 10.1 Å². The lowest BCUT2D eigenvalue weighted by Gasteiger charge is -2.05. The molecule has 1 aliphatic heterocycles. The predicted octanol–water partition coefficient (Wildman–Crippen LogP) is 1.70. The molecule has 1 aliphatic rings. The summed E-state index contributed by atoms with van der Waals surface area (Å²) in [6.07, 6.45) is 0. The van der Waals surface area contributed by atoms with E-state index < -0.39 is 0 Å². The molecule has 1 amide bonds. The van der Waals surface area contributed by atoms with Crippen LogP contribution in [0.1, 0.15) is 15.9 Å². The van der Waals surface area contributed by atoms with Crippen LogP contribution in [-0.4, -0.2) is 13.0 Å². The van der Waals surface area contributed by atoms with Crippen molar-refractivity contribution in [2.75, 3.05) is 7.11 Å². The molecule has 4 heteroatoms. The third-order valence-corrected chi connectivity index (χ3v) is 2.49. The summed E-state index contributed by atoms with van der Waals surface area (Å²) in [4.78, 5) is 11.4. The van der Waals surface area contributed by atoms with E-state index in [-0.39, 0.29) is 5.91 Å². The highest BCUT2D eigenvalue weighted by Crippen LogP contribution is 2.30. The van der Waals surface area contributed by atoms with Crippen molar-refractivity contribution in [3.05, 3.63) is 27.7 Å². The molecule has 0 saturated heterocycles. The maximum absolute atomic E-state index is 11.4. The molecule has 13 heavy (non-hydrogen) atoms. The van der Waals surface area contributed by atoms with Crippen LogP contribution >= 0.6 is 15.9 Å². The molecule has 0 bridgehead atoms. The third-order valence-electron chi connectivity index (χ3n) is 2.03. The maximum atomic E-state index is 11.4. The predicted molar refractivity (Wildman–Crippen MR) is 51.9 cm³/mol. The summed E-state index contributed by atoms with van der Waals surface area (Å²) in [5, 5.41) is 2.75. The molecule has 0 aliphatic carbocycles. The second-order valence-corrected chi connectivity index (χ2v) is 3.74. The van der Waals surface area contributed by atoms with Crippen LogP contribution < -0.4 is 10.1 Å². The van der Waals surface area contributed by atoms with Gasteiger partial charge in [0.2, 0.25) is 0 Å². The second kappa shape index (κ2) is 3.03. The fourth-order valence-corrected chi connectivity index (χ4v) is 1.94. The minimum absolute atomic E-state index is 0.0562. The number of hydrogen-bond acceptors (Lipinski definition) is 2. The number of hydrogen-bond donors (Lipinski definition) is 1. The monoisotopic (exact) mass is 241 g/mol. The van der Waals surface area contributed by atoms with E-state index in [1.54, 1.807) is 13.2 Å². The highest BCUT2D eigenvalue weighted by Gasteiger charge is 2.23. The van der Waals surface area contributed by atoms with Crippen LogP contribution in [0.5, 0.6) is 5.75 Å². The number of fused-ring (bicyclic) bond motifs is 1. The van der Waals surface area contributed by atoms with Gasteiger partial charge in [-0.1, -0.05) is 15.9 Å². The van der Waals surface area contributed by atoms with E-state index in [1.165, 1.54) is 0 Å². The second-order valence-electron chi connectivity index (χ2n) is 2.82. The first kappa shape index (κ1) is 8.56. The van der Waals surface area contributed by atoms with Crippen LogP contribution in [0.4, 0.5) is 0 Å². The number of nitrogens with one attached hydrogen (secondary N) is 1. The molecule has 0 fully saturated rings. The van der Waals surface area contributed by atoms with Crippen molar-refractivity contribution in [1.82, 2.24) is 5.32 Å². The zero-order valence-corrected chi connectivity index (χ0v) is 8.64. The first-order valence-corrected chi connectivity index (χ1v) is 4.66. The Bertz CT molecular complexity index is 376. The molecule has 1 aromatic carbocycles. The highest BCUT2D eigenvalue weighted by molar-refractivity contribution is 9.10. The largest absolute Gasteiger partial charge is 0.496 e. The Hall–Kier alpha value is -1.03. The van der Waals surface area contributed by atoms with E-state index in [0.29, 0.717) is 17.9 Å². The van der Waals surface area contributed by atoms with Crippen molar-refractivity contribution in [3.63, 3.8) is 0 Å². The molecule has 68 valence electrons. The Labute approximate surface area is 84.2 Å². The molecule has 0 atom stereocenters. The number of benzene rings is 1. The third kappa shape index (κ3) is 1.31. The lowest BCUT2D eigenvalue weighted by molar-refractivity contribution is 0.0963. The number of rotatable bonds is 1. The van der Waals surface area contributed by atoms with Gasteiger partial charge in [0.05, 0.1) is 12.7 Å². The van der Waals surface area contributed by atoms with Crippen LogP contribution in [0.3, 0.4) is 0 Å². The minimum atomic E-state index is -0.0562. The summed E-state index contributed by atoms with van der Waals surface area (Å²) < 4.78 is 6.05. The highest BCUT2D eigenvalue weighted by atomic mass is 79.9. The van der Waals surface area contributed by atoms with Gasteiger partial charge in [-0.15, -0.1) is 0 Å². The van der Waals surface area contributed by atoms with E-state index in [2.05, 4.69) is 21.2 Å². The van der Waals surface area contributed by atoms with Gasteiger partial charge in [-0.2, -0.15) is 0 Å². The molecule has 0 radical (unpaired) electrons. The molecule has 0 aromatic heterocycles. The average molecular weight is 242 g/mol. The lowest BCUT2D eigenvalue weighted by Crippen LogP contribution is -2.13. The molecular weight excluding hydrogens is 234 g/mol. The number of carbonyl (C=O) groups excluding carboxylic acids is 1. The number of halogens is 1. The van der Waals surface area contributed by atoms with Gasteiger partial charge in [-0.25, -0.2) is 0 Å². The topological polar surface area (TPSA) is 38.3 Å². The lowest BCUT2D eigenvalue weighted by atomic mass is 10.1. The number of carbonyl (C=O) groups is 1. The van der Waals surface area contributed by atoms with E-state index >= 15 is 0 Å². The van der Waals surface area contributed by atoms with E-state index in [0.717, 1.165) is 10.0 Å². The summed E-state index contributed by atoms with van der Waals surface area (Å²) in [5.41, 5.74) is 1.64. The zero-order valence-electron chi connectivity index (χ0n) is 7.06. The Morgan fingerprint density at radius 2 is 2.31 bits per heavy atom. The summed E-state index contributed by atoms with van der Waals surface area (Å²) in [5.74, 6) is 0.568. The van der Waals surface area contributed by atoms with Crippen molar-refractivity contribution >= 4 is 21.8 Å². The number of methoxy groups -OCH3 is 1. The van der Waals surface area contributed by atoms with Crippen molar-refractivity contribution in [2.24, 2.45) is 0 Å². The Kier molecular flexibility index (Phi) is 2.00. The van der Waals surface area contributed by atoms with Gasteiger partial charge in [0, 0.05) is 11.0 Å². The zero-order chi connectivity index (χ0) is 9.42. The number of ether oxygens (including phenoxy) is 1. The Morgan fingerprint density at radius 1 is 1.54 bits per heavy atom. The SMILES string of the molecule is COc1cc(Br)cc2c1C(=O)NC2. The quantitative estimate of drug-likeness (QED) is 0.813. The first-order valence-electron chi connectivity index (χ1n) is 3.87. The van der Waals surface area contributed by atoms with Gasteiger partial charge in [0.1, 0.15) is 5.75 Å². The van der Waals surface area contributed by atoms with Crippen molar-refractivity contribution in [3.8, 4) is 5.75 Å². The van der Waals surface area contributed by atoms with Crippen LogP contribution in [0, 0.1) is 0 Å². The van der Waals surface area contributed by atoms with Crippen LogP contribution in [-0.2, 0) is 6.54 Å². The molecule has 0 spiro atoms. The van der Waals surface area contributed by atoms with Crippen LogP contribution in [0.2, 0.25) is 0 Å². The molecular formula is C9H8BrNO2. The van der Waals surface area contributed by atoms with Crippen molar-refractivity contribution in [1.29, 1.82) is 0 Å². The van der Waals surface area contributed by atoms with Gasteiger partial charge >= 0.3 is 0 Å². The molecule has 0 saturated carbocycles. The molecule has 3 nitrogen and oxygen atoms in total. The van der Waals surface area contributed by atoms with Crippen LogP contribution in [0.15, 0.2) is 16.6 Å². The fraction of sp³-hybridized carbons (Fsp3) is 0.222. The minimum Gasteiger partial charge on any atom is -0.496 e. The maximum Gasteiger partial charge on any atom is 0.255 e. The molecule has 0 unspecified atom stereocenters. The molecule has 2 rings (SSSR count). The Balaban J connectivity index is 2.64. The van der Waals surface area contributed by atoms with Gasteiger partial charge in [0.15, 0.2) is 0 Å². The normalized spacial score (nSPS) is 13.8. The average Bonchev–Trinajstić information content (AvgIpc) is 2.46. The van der Waals surface area contributed by atoms with E-state index in [9.17, 15) is 4.79 Å². The summed E-state index contributed by atoms with van der Waals surface area (Å²) in [6, 6.07) is 3.72. The standard InChI is InChI=1S/C9H8BrNO2/c1-13-7-3-6(10)2-5-4-11-9(12)8(5)7/h2-3H,4H2,1H3,(H,11,12). The van der Waals surface area contributed by atoms with Gasteiger partial charge in [-0.05, 0) is 17.7 Å². The summed E-state index contributed by atoms with van der Waals surface area (Å²) >= 11 is 3.36. The first-order chi connectivity index (χ1) is 6.22. The van der Waals surface area contributed by atoms with Gasteiger partial charge in [-0.3, -0.25) is 4.79 Å². The number of amides is 1. The summed E-state index contributed by atoms with van der Waals surface area (Å²) in [6.45, 7) is 0.587. The molecule has 1 aromatic rings. The van der Waals surface area contributed by atoms with Crippen LogP contribution in [0.25, 0.3) is 0 Å². The van der Waals surface area contributed by atoms with E-state index in [1.807, 2.05) is 6.07 Å². The molecule has 1 N–H and O–H groups in total. The fourth-order valence-electron chi connectivity index (χ4n) is 1.46. The molecule has 1 heterocycles. The van der Waals surface area contributed by atoms with Gasteiger partial charge in [0.25, 0.3) is 5.91 Å². The van der Waals surface area contributed by atoms with E-state index in [4.69, 9.17) is 4.74 Å². The smallest absolute Gasteiger partial charge is 0.255 e.